The minimum atomic E-state index is -5.18. The predicted octanol–water partition coefficient (Wildman–Crippen LogP) is 3.20. The summed E-state index contributed by atoms with van der Waals surface area (Å²) in [6.07, 6.45) is -5.18. The van der Waals surface area contributed by atoms with Crippen LogP contribution in [0.5, 0.6) is 0 Å². The van der Waals surface area contributed by atoms with Crippen LogP contribution in [0, 0.1) is 17.1 Å². The van der Waals surface area contributed by atoms with Gasteiger partial charge in [-0.3, -0.25) is 4.79 Å². The molecule has 0 saturated heterocycles. The maximum atomic E-state index is 13.3. The Kier molecular flexibility index (Phi) is 3.33. The summed E-state index contributed by atoms with van der Waals surface area (Å²) < 4.78 is 49.3. The molecule has 1 aromatic carbocycles. The molecule has 0 aliphatic carbocycles. The third-order valence-corrected chi connectivity index (χ3v) is 2.36. The predicted molar refractivity (Wildman–Crippen MR) is 49.2 cm³/mol. The molecule has 0 amide bonds. The SMILES string of the molecule is N#Cc1ccc(Br)c(C(=O)C(F)(F)F)c1F. The third kappa shape index (κ3) is 2.22. The minimum absolute atomic E-state index is 0.341. The molecule has 84 valence electrons. The second-order valence-electron chi connectivity index (χ2n) is 2.72. The van der Waals surface area contributed by atoms with E-state index in [1.54, 1.807) is 0 Å². The lowest BCUT2D eigenvalue weighted by Crippen LogP contribution is -2.24. The van der Waals surface area contributed by atoms with Crippen LogP contribution in [0.1, 0.15) is 15.9 Å². The molecule has 0 fully saturated rings. The molecule has 0 aliphatic rings. The van der Waals surface area contributed by atoms with Gasteiger partial charge in [-0.2, -0.15) is 18.4 Å². The van der Waals surface area contributed by atoms with Crippen LogP contribution in [0.15, 0.2) is 16.6 Å². The number of alkyl halides is 3. The Morgan fingerprint density at radius 3 is 2.38 bits per heavy atom. The number of nitriles is 1. The van der Waals surface area contributed by atoms with Crippen LogP contribution in [0.25, 0.3) is 0 Å². The van der Waals surface area contributed by atoms with E-state index in [-0.39, 0.29) is 4.47 Å². The monoisotopic (exact) mass is 295 g/mol. The Labute approximate surface area is 95.6 Å². The van der Waals surface area contributed by atoms with E-state index in [1.807, 2.05) is 0 Å². The van der Waals surface area contributed by atoms with Crippen LogP contribution in [0.2, 0.25) is 0 Å². The number of rotatable bonds is 1. The average molecular weight is 296 g/mol. The van der Waals surface area contributed by atoms with Gasteiger partial charge in [-0.25, -0.2) is 4.39 Å². The highest BCUT2D eigenvalue weighted by atomic mass is 79.9. The smallest absolute Gasteiger partial charge is 0.284 e. The van der Waals surface area contributed by atoms with E-state index in [4.69, 9.17) is 5.26 Å². The largest absolute Gasteiger partial charge is 0.455 e. The fourth-order valence-electron chi connectivity index (χ4n) is 0.989. The molecule has 0 unspecified atom stereocenters. The molecule has 0 spiro atoms. The van der Waals surface area contributed by atoms with Crippen LogP contribution < -0.4 is 0 Å². The van der Waals surface area contributed by atoms with Crippen molar-refractivity contribution >= 4 is 21.7 Å². The van der Waals surface area contributed by atoms with Gasteiger partial charge in [-0.05, 0) is 28.1 Å². The van der Waals surface area contributed by atoms with Crippen LogP contribution in [0.3, 0.4) is 0 Å². The lowest BCUT2D eigenvalue weighted by Gasteiger charge is -2.08. The van der Waals surface area contributed by atoms with E-state index in [2.05, 4.69) is 15.9 Å². The van der Waals surface area contributed by atoms with Crippen molar-refractivity contribution in [3.8, 4) is 6.07 Å². The van der Waals surface area contributed by atoms with Crippen LogP contribution in [0.4, 0.5) is 17.6 Å². The molecule has 0 bridgehead atoms. The van der Waals surface area contributed by atoms with E-state index in [1.165, 1.54) is 6.07 Å². The number of Topliss-reactive ketones (excluding diaryl/α,β-unsaturated/α-hetero) is 1. The van der Waals surface area contributed by atoms with Gasteiger partial charge < -0.3 is 0 Å². The first-order chi connectivity index (χ1) is 7.29. The zero-order valence-electron chi connectivity index (χ0n) is 7.40. The lowest BCUT2D eigenvalue weighted by molar-refractivity contribution is -0.0888. The standard InChI is InChI=1S/C9H2BrF4NO/c10-5-2-1-4(3-15)7(11)6(5)8(16)9(12,13)14/h1-2H. The highest BCUT2D eigenvalue weighted by molar-refractivity contribution is 9.10. The second kappa shape index (κ2) is 4.22. The fraction of sp³-hybridized carbons (Fsp3) is 0.111. The fourth-order valence-corrected chi connectivity index (χ4v) is 1.48. The van der Waals surface area contributed by atoms with Gasteiger partial charge in [0.1, 0.15) is 6.07 Å². The van der Waals surface area contributed by atoms with Gasteiger partial charge in [0, 0.05) is 4.47 Å². The molecule has 0 radical (unpaired) electrons. The Bertz CT molecular complexity index is 490. The molecule has 0 aromatic heterocycles. The number of halogens is 5. The lowest BCUT2D eigenvalue weighted by atomic mass is 10.1. The molecule has 0 heterocycles. The molecular formula is C9H2BrF4NO. The molecule has 1 aromatic rings. The van der Waals surface area contributed by atoms with Crippen molar-refractivity contribution in [1.29, 1.82) is 5.26 Å². The number of hydrogen-bond acceptors (Lipinski definition) is 2. The van der Waals surface area contributed by atoms with Crippen LogP contribution >= 0.6 is 15.9 Å². The maximum Gasteiger partial charge on any atom is 0.455 e. The Morgan fingerprint density at radius 2 is 1.94 bits per heavy atom. The average Bonchev–Trinajstić information content (AvgIpc) is 2.16. The Balaban J connectivity index is 3.46. The van der Waals surface area contributed by atoms with Crippen molar-refractivity contribution in [1.82, 2.24) is 0 Å². The summed E-state index contributed by atoms with van der Waals surface area (Å²) >= 11 is 2.63. The molecule has 7 heteroatoms. The van der Waals surface area contributed by atoms with Crippen molar-refractivity contribution in [2.45, 2.75) is 6.18 Å². The summed E-state index contributed by atoms with van der Waals surface area (Å²) in [6.45, 7) is 0. The summed E-state index contributed by atoms with van der Waals surface area (Å²) in [5.41, 5.74) is -1.79. The molecule has 0 atom stereocenters. The van der Waals surface area contributed by atoms with E-state index in [9.17, 15) is 22.4 Å². The zero-order valence-corrected chi connectivity index (χ0v) is 8.99. The Morgan fingerprint density at radius 1 is 1.38 bits per heavy atom. The number of ketones is 1. The van der Waals surface area contributed by atoms with Gasteiger partial charge >= 0.3 is 6.18 Å². The second-order valence-corrected chi connectivity index (χ2v) is 3.58. The summed E-state index contributed by atoms with van der Waals surface area (Å²) in [7, 11) is 0. The molecular weight excluding hydrogens is 294 g/mol. The highest BCUT2D eigenvalue weighted by Crippen LogP contribution is 2.29. The number of carbonyl (C=O) groups excluding carboxylic acids is 1. The first-order valence-electron chi connectivity index (χ1n) is 3.78. The first-order valence-corrected chi connectivity index (χ1v) is 4.58. The molecule has 0 aliphatic heterocycles. The van der Waals surface area contributed by atoms with E-state index < -0.39 is 28.9 Å². The van der Waals surface area contributed by atoms with Crippen LogP contribution in [-0.4, -0.2) is 12.0 Å². The van der Waals surface area contributed by atoms with Crippen molar-refractivity contribution in [3.05, 3.63) is 33.5 Å². The molecule has 1 rings (SSSR count). The number of carbonyl (C=O) groups is 1. The topological polar surface area (TPSA) is 40.9 Å². The van der Waals surface area contributed by atoms with Gasteiger partial charge in [-0.1, -0.05) is 0 Å². The molecule has 0 N–H and O–H groups in total. The van der Waals surface area contributed by atoms with Gasteiger partial charge in [0.15, 0.2) is 5.82 Å². The number of benzene rings is 1. The molecule has 0 saturated carbocycles. The van der Waals surface area contributed by atoms with Crippen molar-refractivity contribution in [2.75, 3.05) is 0 Å². The third-order valence-electron chi connectivity index (χ3n) is 1.70. The summed E-state index contributed by atoms with van der Waals surface area (Å²) in [5, 5.41) is 8.42. The Hall–Kier alpha value is -1.42. The van der Waals surface area contributed by atoms with Gasteiger partial charge in [-0.15, -0.1) is 0 Å². The van der Waals surface area contributed by atoms with Crippen molar-refractivity contribution in [3.63, 3.8) is 0 Å². The zero-order chi connectivity index (χ0) is 12.5. The maximum absolute atomic E-state index is 13.3. The highest BCUT2D eigenvalue weighted by Gasteiger charge is 2.42. The van der Waals surface area contributed by atoms with Crippen molar-refractivity contribution < 1.29 is 22.4 Å². The molecule has 2 nitrogen and oxygen atoms in total. The minimum Gasteiger partial charge on any atom is -0.284 e. The van der Waals surface area contributed by atoms with Crippen molar-refractivity contribution in [2.24, 2.45) is 0 Å². The van der Waals surface area contributed by atoms with Gasteiger partial charge in [0.25, 0.3) is 5.78 Å². The van der Waals surface area contributed by atoms with E-state index in [0.29, 0.717) is 0 Å². The van der Waals surface area contributed by atoms with Gasteiger partial charge in [0.05, 0.1) is 11.1 Å². The normalized spacial score (nSPS) is 11.0. The van der Waals surface area contributed by atoms with Gasteiger partial charge in [0.2, 0.25) is 0 Å². The summed E-state index contributed by atoms with van der Waals surface area (Å²) in [4.78, 5) is 10.9. The summed E-state index contributed by atoms with van der Waals surface area (Å²) in [6, 6.07) is 3.35. The molecule has 16 heavy (non-hydrogen) atoms. The van der Waals surface area contributed by atoms with E-state index in [0.717, 1.165) is 12.1 Å². The van der Waals surface area contributed by atoms with Crippen LogP contribution in [-0.2, 0) is 0 Å². The summed E-state index contributed by atoms with van der Waals surface area (Å²) in [5.74, 6) is -3.80. The number of nitrogens with zero attached hydrogens (tertiary/aromatic N) is 1. The quantitative estimate of drug-likeness (QED) is 0.590. The van der Waals surface area contributed by atoms with E-state index >= 15 is 0 Å². The number of hydrogen-bond donors (Lipinski definition) is 0. The first kappa shape index (κ1) is 12.6.